The molecule has 1 aliphatic carbocycles. The van der Waals surface area contributed by atoms with E-state index in [1.54, 1.807) is 0 Å². The van der Waals surface area contributed by atoms with Crippen molar-refractivity contribution in [2.24, 2.45) is 11.3 Å². The molecule has 0 aliphatic heterocycles. The number of rotatable bonds is 5. The van der Waals surface area contributed by atoms with Crippen molar-refractivity contribution in [2.75, 3.05) is 13.2 Å². The van der Waals surface area contributed by atoms with Gasteiger partial charge in [-0.1, -0.05) is 12.2 Å². The van der Waals surface area contributed by atoms with Gasteiger partial charge in [0.2, 0.25) is 0 Å². The van der Waals surface area contributed by atoms with Crippen molar-refractivity contribution in [1.82, 2.24) is 0 Å². The summed E-state index contributed by atoms with van der Waals surface area (Å²) in [5, 5.41) is 0. The molecule has 1 rings (SSSR count). The molecule has 120 valence electrons. The van der Waals surface area contributed by atoms with Crippen molar-refractivity contribution < 1.29 is 32.2 Å². The predicted molar refractivity (Wildman–Crippen MR) is 68.2 cm³/mol. The third kappa shape index (κ3) is 3.77. The Kier molecular flexibility index (Phi) is 5.80. The summed E-state index contributed by atoms with van der Waals surface area (Å²) in [6.45, 7) is 3.02. The Morgan fingerprint density at radius 2 is 1.86 bits per heavy atom. The van der Waals surface area contributed by atoms with E-state index >= 15 is 0 Å². The summed E-state index contributed by atoms with van der Waals surface area (Å²) in [5.41, 5.74) is -2.55. The zero-order chi connectivity index (χ0) is 16.1. The molecular formula is C14H19F3O4. The van der Waals surface area contributed by atoms with Gasteiger partial charge in [-0.2, -0.15) is 13.2 Å². The highest BCUT2D eigenvalue weighted by Gasteiger charge is 2.61. The summed E-state index contributed by atoms with van der Waals surface area (Å²) in [5.74, 6) is -3.33. The van der Waals surface area contributed by atoms with E-state index in [-0.39, 0.29) is 19.6 Å². The molecule has 0 radical (unpaired) electrons. The number of hydrogen-bond donors (Lipinski definition) is 0. The highest BCUT2D eigenvalue weighted by molar-refractivity contribution is 5.77. The van der Waals surface area contributed by atoms with Crippen LogP contribution in [-0.4, -0.2) is 31.3 Å². The Labute approximate surface area is 121 Å². The second-order valence-electron chi connectivity index (χ2n) is 4.80. The zero-order valence-corrected chi connectivity index (χ0v) is 12.0. The highest BCUT2D eigenvalue weighted by Crippen LogP contribution is 2.52. The van der Waals surface area contributed by atoms with Crippen molar-refractivity contribution in [1.29, 1.82) is 0 Å². The normalized spacial score (nSPS) is 25.5. The molecule has 21 heavy (non-hydrogen) atoms. The maximum atomic E-state index is 13.6. The van der Waals surface area contributed by atoms with Crippen molar-refractivity contribution in [3.8, 4) is 0 Å². The lowest BCUT2D eigenvalue weighted by atomic mass is 9.67. The topological polar surface area (TPSA) is 52.6 Å². The van der Waals surface area contributed by atoms with Crippen LogP contribution in [0, 0.1) is 11.3 Å². The summed E-state index contributed by atoms with van der Waals surface area (Å²) >= 11 is 0. The molecule has 0 saturated heterocycles. The first kappa shape index (κ1) is 17.5. The smallest absolute Gasteiger partial charge is 0.399 e. The average molecular weight is 308 g/mol. The number of ether oxygens (including phenoxy) is 2. The largest absolute Gasteiger partial charge is 0.466 e. The van der Waals surface area contributed by atoms with E-state index in [9.17, 15) is 22.8 Å². The molecule has 0 saturated carbocycles. The van der Waals surface area contributed by atoms with E-state index in [0.29, 0.717) is 6.42 Å². The molecule has 0 unspecified atom stereocenters. The van der Waals surface area contributed by atoms with E-state index in [1.165, 1.54) is 19.9 Å². The Bertz CT molecular complexity index is 417. The van der Waals surface area contributed by atoms with Crippen LogP contribution in [0.2, 0.25) is 0 Å². The van der Waals surface area contributed by atoms with Gasteiger partial charge < -0.3 is 9.47 Å². The van der Waals surface area contributed by atoms with Crippen molar-refractivity contribution in [3.05, 3.63) is 12.2 Å². The molecule has 7 heteroatoms. The van der Waals surface area contributed by atoms with E-state index in [2.05, 4.69) is 4.74 Å². The minimum absolute atomic E-state index is 0.00571. The van der Waals surface area contributed by atoms with Crippen LogP contribution in [0.5, 0.6) is 0 Å². The van der Waals surface area contributed by atoms with Crippen LogP contribution in [0.1, 0.15) is 33.1 Å². The minimum Gasteiger partial charge on any atom is -0.466 e. The molecule has 0 spiro atoms. The molecular weight excluding hydrogens is 289 g/mol. The molecule has 0 amide bonds. The summed E-state index contributed by atoms with van der Waals surface area (Å²) in [4.78, 5) is 23.5. The number of carbonyl (C=O) groups excluding carboxylic acids is 2. The molecule has 1 aliphatic rings. The lowest BCUT2D eigenvalue weighted by molar-refractivity contribution is -0.234. The first-order valence-electron chi connectivity index (χ1n) is 6.85. The van der Waals surface area contributed by atoms with Crippen LogP contribution in [0.15, 0.2) is 12.2 Å². The van der Waals surface area contributed by atoms with Gasteiger partial charge >= 0.3 is 18.1 Å². The molecule has 0 aromatic rings. The average Bonchev–Trinajstić information content (AvgIpc) is 2.38. The van der Waals surface area contributed by atoms with Crippen molar-refractivity contribution in [2.45, 2.75) is 39.3 Å². The van der Waals surface area contributed by atoms with Crippen molar-refractivity contribution >= 4 is 11.9 Å². The molecule has 0 aromatic carbocycles. The number of hydrogen-bond acceptors (Lipinski definition) is 4. The fraction of sp³-hybridized carbons (Fsp3) is 0.714. The Morgan fingerprint density at radius 3 is 2.38 bits per heavy atom. The predicted octanol–water partition coefficient (Wildman–Crippen LogP) is 3.02. The third-order valence-corrected chi connectivity index (χ3v) is 3.50. The number of carbonyl (C=O) groups is 2. The third-order valence-electron chi connectivity index (χ3n) is 3.50. The second-order valence-corrected chi connectivity index (χ2v) is 4.80. The highest BCUT2D eigenvalue weighted by atomic mass is 19.4. The monoisotopic (exact) mass is 308 g/mol. The van der Waals surface area contributed by atoms with E-state index in [4.69, 9.17) is 4.74 Å². The maximum absolute atomic E-state index is 13.6. The van der Waals surface area contributed by atoms with Gasteiger partial charge in [0.1, 0.15) is 5.41 Å². The number of allylic oxidation sites excluding steroid dienone is 2. The standard InChI is InChI=1S/C14H19F3O4/c1-3-20-11(18)9-13(14(15,16)17)8-6-5-7-10(13)12(19)21-4-2/h6,8,10H,3-5,7,9H2,1-2H3/t10-,13+/m1/s1. The number of halogens is 3. The summed E-state index contributed by atoms with van der Waals surface area (Å²) in [6.07, 6.45) is -3.06. The van der Waals surface area contributed by atoms with Crippen molar-refractivity contribution in [3.63, 3.8) is 0 Å². The molecule has 2 atom stereocenters. The summed E-state index contributed by atoms with van der Waals surface area (Å²) in [6, 6.07) is 0. The fourth-order valence-corrected chi connectivity index (χ4v) is 2.53. The number of alkyl halides is 3. The summed E-state index contributed by atoms with van der Waals surface area (Å²) in [7, 11) is 0. The van der Waals surface area contributed by atoms with E-state index in [0.717, 1.165) is 6.08 Å². The van der Waals surface area contributed by atoms with Crippen LogP contribution in [-0.2, 0) is 19.1 Å². The molecule has 0 N–H and O–H groups in total. The van der Waals surface area contributed by atoms with Gasteiger partial charge in [-0.15, -0.1) is 0 Å². The van der Waals surface area contributed by atoms with E-state index in [1.807, 2.05) is 0 Å². The fourth-order valence-electron chi connectivity index (χ4n) is 2.53. The minimum atomic E-state index is -4.74. The molecule has 0 heterocycles. The van der Waals surface area contributed by atoms with Gasteiger partial charge in [-0.25, -0.2) is 0 Å². The zero-order valence-electron chi connectivity index (χ0n) is 12.0. The molecule has 0 bridgehead atoms. The van der Waals surface area contributed by atoms with E-state index < -0.39 is 35.9 Å². The SMILES string of the molecule is CCOC(=O)C[C@@]1(C(F)(F)F)C=CCC[C@@H]1C(=O)OCC. The quantitative estimate of drug-likeness (QED) is 0.579. The van der Waals surface area contributed by atoms with Gasteiger partial charge in [0.05, 0.1) is 25.6 Å². The second kappa shape index (κ2) is 6.95. The Balaban J connectivity index is 3.18. The van der Waals surface area contributed by atoms with Crippen LogP contribution >= 0.6 is 0 Å². The first-order valence-corrected chi connectivity index (χ1v) is 6.85. The van der Waals surface area contributed by atoms with Gasteiger partial charge in [0.15, 0.2) is 0 Å². The lowest BCUT2D eigenvalue weighted by Gasteiger charge is -2.39. The van der Waals surface area contributed by atoms with Gasteiger partial charge in [-0.3, -0.25) is 9.59 Å². The van der Waals surface area contributed by atoms with Crippen LogP contribution in [0.25, 0.3) is 0 Å². The Morgan fingerprint density at radius 1 is 1.24 bits per heavy atom. The van der Waals surface area contributed by atoms with Gasteiger partial charge in [0, 0.05) is 0 Å². The lowest BCUT2D eigenvalue weighted by Crippen LogP contribution is -2.49. The number of esters is 2. The molecule has 0 aromatic heterocycles. The van der Waals surface area contributed by atoms with Crippen LogP contribution in [0.4, 0.5) is 13.2 Å². The Hall–Kier alpha value is -1.53. The summed E-state index contributed by atoms with van der Waals surface area (Å²) < 4.78 is 50.1. The van der Waals surface area contributed by atoms with Crippen LogP contribution in [0.3, 0.4) is 0 Å². The van der Waals surface area contributed by atoms with Crippen LogP contribution < -0.4 is 0 Å². The van der Waals surface area contributed by atoms with Gasteiger partial charge in [0.25, 0.3) is 0 Å². The maximum Gasteiger partial charge on any atom is 0.399 e. The first-order chi connectivity index (χ1) is 9.78. The van der Waals surface area contributed by atoms with Gasteiger partial charge in [-0.05, 0) is 26.7 Å². The molecule has 4 nitrogen and oxygen atoms in total. The molecule has 0 fully saturated rings.